The molecule has 14 heteroatoms. The predicted molar refractivity (Wildman–Crippen MR) is 134 cm³/mol. The zero-order valence-electron chi connectivity index (χ0n) is 20.0. The smallest absolute Gasteiger partial charge is 0.288 e. The molecule has 1 atom stereocenters. The van der Waals surface area contributed by atoms with Crippen molar-refractivity contribution in [3.63, 3.8) is 0 Å². The van der Waals surface area contributed by atoms with Gasteiger partial charge in [-0.05, 0) is 12.0 Å². The zero-order chi connectivity index (χ0) is 25.9. The SMILES string of the molecule is CCC(Nc1c(Nc2c(NS(C)(=O)=O)c(C(=O)N(C)C)nn2C)c(=O)[nH][nH]c1=O)c1ccccc1. The minimum atomic E-state index is -3.83. The van der Waals surface area contributed by atoms with Crippen LogP contribution in [0.2, 0.25) is 0 Å². The van der Waals surface area contributed by atoms with Crippen LogP contribution in [0.3, 0.4) is 0 Å². The van der Waals surface area contributed by atoms with Crippen molar-refractivity contribution in [2.24, 2.45) is 7.05 Å². The molecule has 0 radical (unpaired) electrons. The summed E-state index contributed by atoms with van der Waals surface area (Å²) in [5, 5.41) is 14.6. The number of hydrogen-bond donors (Lipinski definition) is 5. The lowest BCUT2D eigenvalue weighted by Crippen LogP contribution is -2.28. The monoisotopic (exact) mass is 504 g/mol. The number of carbonyl (C=O) groups excluding carboxylic acids is 1. The number of aromatic amines is 2. The molecule has 0 spiro atoms. The predicted octanol–water partition coefficient (Wildman–Crippen LogP) is 1.18. The van der Waals surface area contributed by atoms with Gasteiger partial charge in [0.25, 0.3) is 17.0 Å². The Morgan fingerprint density at radius 1 is 1.09 bits per heavy atom. The summed E-state index contributed by atoms with van der Waals surface area (Å²) in [5.74, 6) is -0.569. The third-order valence-electron chi connectivity index (χ3n) is 5.11. The highest BCUT2D eigenvalue weighted by atomic mass is 32.2. The summed E-state index contributed by atoms with van der Waals surface area (Å²) < 4.78 is 27.6. The highest BCUT2D eigenvalue weighted by Crippen LogP contribution is 2.32. The first kappa shape index (κ1) is 25.6. The van der Waals surface area contributed by atoms with E-state index >= 15 is 0 Å². The molecule has 1 amide bonds. The van der Waals surface area contributed by atoms with Crippen LogP contribution in [-0.4, -0.2) is 59.6 Å². The standard InChI is InChI=1S/C21H28N8O5S/c1-6-13(12-10-8-7-9-11-12)22-15-16(20(31)25-24-19(15)30)23-18-14(27-35(5,33)34)17(26-29(18)4)21(32)28(2)3/h7-11,13,27H,6H2,1-5H3,(H2,22,25,31)(H2,23,24,30). The second-order valence-corrected chi connectivity index (χ2v) is 9.82. The number of nitrogens with zero attached hydrogens (tertiary/aromatic N) is 3. The summed E-state index contributed by atoms with van der Waals surface area (Å²) in [5.41, 5.74) is -0.957. The van der Waals surface area contributed by atoms with Crippen LogP contribution in [0.1, 0.15) is 35.4 Å². The molecule has 13 nitrogen and oxygen atoms in total. The van der Waals surface area contributed by atoms with E-state index in [-0.39, 0.29) is 34.6 Å². The van der Waals surface area contributed by atoms with Crippen molar-refractivity contribution in [3.8, 4) is 0 Å². The molecule has 0 aliphatic rings. The van der Waals surface area contributed by atoms with Gasteiger partial charge in [0.15, 0.2) is 11.5 Å². The third kappa shape index (κ3) is 5.71. The molecule has 0 bridgehead atoms. The average Bonchev–Trinajstić information content (AvgIpc) is 3.09. The highest BCUT2D eigenvalue weighted by Gasteiger charge is 2.27. The fourth-order valence-corrected chi connectivity index (χ4v) is 4.00. The number of hydrogen-bond acceptors (Lipinski definition) is 8. The molecular formula is C21H28N8O5S. The summed E-state index contributed by atoms with van der Waals surface area (Å²) in [7, 11) is 0.621. The van der Waals surface area contributed by atoms with Crippen molar-refractivity contribution >= 4 is 38.8 Å². The van der Waals surface area contributed by atoms with Gasteiger partial charge < -0.3 is 15.5 Å². The van der Waals surface area contributed by atoms with Crippen LogP contribution >= 0.6 is 0 Å². The molecular weight excluding hydrogens is 476 g/mol. The van der Waals surface area contributed by atoms with E-state index in [2.05, 4.69) is 30.7 Å². The number of aryl methyl sites for hydroxylation is 1. The summed E-state index contributed by atoms with van der Waals surface area (Å²) in [6, 6.07) is 9.08. The normalized spacial score (nSPS) is 12.1. The summed E-state index contributed by atoms with van der Waals surface area (Å²) in [6.45, 7) is 1.92. The number of sulfonamides is 1. The van der Waals surface area contributed by atoms with Crippen LogP contribution in [0, 0.1) is 0 Å². The molecule has 0 saturated carbocycles. The lowest BCUT2D eigenvalue weighted by molar-refractivity contribution is 0.0822. The first-order valence-electron chi connectivity index (χ1n) is 10.6. The van der Waals surface area contributed by atoms with Gasteiger partial charge in [-0.2, -0.15) is 5.10 Å². The molecule has 3 aromatic rings. The third-order valence-corrected chi connectivity index (χ3v) is 5.68. The van der Waals surface area contributed by atoms with Gasteiger partial charge in [-0.15, -0.1) is 0 Å². The Balaban J connectivity index is 2.14. The van der Waals surface area contributed by atoms with Gasteiger partial charge in [-0.3, -0.25) is 29.3 Å². The van der Waals surface area contributed by atoms with E-state index in [0.29, 0.717) is 6.42 Å². The molecule has 0 aliphatic carbocycles. The Kier molecular flexibility index (Phi) is 7.34. The van der Waals surface area contributed by atoms with Gasteiger partial charge in [0.2, 0.25) is 10.0 Å². The van der Waals surface area contributed by atoms with Crippen molar-refractivity contribution in [1.29, 1.82) is 0 Å². The Morgan fingerprint density at radius 3 is 2.23 bits per heavy atom. The number of amides is 1. The Hall–Kier alpha value is -4.07. The average molecular weight is 505 g/mol. The lowest BCUT2D eigenvalue weighted by Gasteiger charge is -2.20. The van der Waals surface area contributed by atoms with E-state index in [0.717, 1.165) is 11.8 Å². The van der Waals surface area contributed by atoms with Gasteiger partial charge >= 0.3 is 0 Å². The lowest BCUT2D eigenvalue weighted by atomic mass is 10.0. The van der Waals surface area contributed by atoms with Crippen LogP contribution in [0.5, 0.6) is 0 Å². The first-order valence-corrected chi connectivity index (χ1v) is 12.5. The van der Waals surface area contributed by atoms with Gasteiger partial charge in [0, 0.05) is 21.1 Å². The van der Waals surface area contributed by atoms with Crippen molar-refractivity contribution in [3.05, 3.63) is 62.3 Å². The Bertz CT molecular complexity index is 1440. The van der Waals surface area contributed by atoms with E-state index < -0.39 is 27.0 Å². The molecule has 2 aromatic heterocycles. The van der Waals surface area contributed by atoms with Crippen molar-refractivity contribution in [1.82, 2.24) is 24.9 Å². The number of carbonyl (C=O) groups is 1. The number of benzene rings is 1. The summed E-state index contributed by atoms with van der Waals surface area (Å²) in [6.07, 6.45) is 1.52. The minimum Gasteiger partial charge on any atom is -0.372 e. The van der Waals surface area contributed by atoms with Gasteiger partial charge in [0.1, 0.15) is 17.1 Å². The molecule has 5 N–H and O–H groups in total. The number of H-pyrrole nitrogens is 2. The van der Waals surface area contributed by atoms with E-state index in [1.165, 1.54) is 30.7 Å². The second kappa shape index (κ2) is 10.0. The molecule has 1 aromatic carbocycles. The molecule has 2 heterocycles. The second-order valence-electron chi connectivity index (χ2n) is 8.07. The van der Waals surface area contributed by atoms with E-state index in [9.17, 15) is 22.8 Å². The van der Waals surface area contributed by atoms with Crippen LogP contribution in [0.4, 0.5) is 22.9 Å². The molecule has 0 saturated heterocycles. The fourth-order valence-electron chi connectivity index (χ4n) is 3.43. The number of aromatic nitrogens is 4. The summed E-state index contributed by atoms with van der Waals surface area (Å²) in [4.78, 5) is 39.4. The van der Waals surface area contributed by atoms with Crippen LogP contribution in [0.25, 0.3) is 0 Å². The molecule has 1 unspecified atom stereocenters. The molecule has 0 fully saturated rings. The molecule has 0 aliphatic heterocycles. The van der Waals surface area contributed by atoms with Crippen LogP contribution < -0.4 is 26.5 Å². The number of nitrogens with one attached hydrogen (secondary N) is 5. The van der Waals surface area contributed by atoms with Crippen molar-refractivity contribution in [2.45, 2.75) is 19.4 Å². The maximum Gasteiger partial charge on any atom is 0.288 e. The van der Waals surface area contributed by atoms with Crippen molar-refractivity contribution < 1.29 is 13.2 Å². The quantitative estimate of drug-likeness (QED) is 0.289. The highest BCUT2D eigenvalue weighted by molar-refractivity contribution is 7.92. The van der Waals surface area contributed by atoms with Crippen LogP contribution in [-0.2, 0) is 17.1 Å². The maximum absolute atomic E-state index is 12.8. The fraction of sp³-hybridized carbons (Fsp3) is 0.333. The van der Waals surface area contributed by atoms with Crippen LogP contribution in [0.15, 0.2) is 39.9 Å². The molecule has 188 valence electrons. The topological polar surface area (TPSA) is 174 Å². The minimum absolute atomic E-state index is 0.00691. The number of anilines is 4. The Labute approximate surface area is 201 Å². The Morgan fingerprint density at radius 2 is 1.69 bits per heavy atom. The van der Waals surface area contributed by atoms with E-state index in [1.807, 2.05) is 37.3 Å². The maximum atomic E-state index is 12.8. The van der Waals surface area contributed by atoms with Gasteiger partial charge in [-0.1, -0.05) is 37.3 Å². The number of rotatable bonds is 9. The summed E-state index contributed by atoms with van der Waals surface area (Å²) >= 11 is 0. The molecule has 35 heavy (non-hydrogen) atoms. The zero-order valence-corrected chi connectivity index (χ0v) is 20.8. The van der Waals surface area contributed by atoms with Gasteiger partial charge in [-0.25, -0.2) is 13.1 Å². The van der Waals surface area contributed by atoms with Gasteiger partial charge in [0.05, 0.1) is 12.3 Å². The van der Waals surface area contributed by atoms with E-state index in [4.69, 9.17) is 0 Å². The van der Waals surface area contributed by atoms with Crippen molar-refractivity contribution in [2.75, 3.05) is 35.7 Å². The molecule has 3 rings (SSSR count). The first-order chi connectivity index (χ1) is 16.4. The largest absolute Gasteiger partial charge is 0.372 e. The van der Waals surface area contributed by atoms with E-state index in [1.54, 1.807) is 0 Å².